The van der Waals surface area contributed by atoms with Crippen molar-refractivity contribution >= 4 is 0 Å². The number of rotatable bonds is 0. The van der Waals surface area contributed by atoms with E-state index in [9.17, 15) is 0 Å². The maximum absolute atomic E-state index is 8.19. The Labute approximate surface area is 79.7 Å². The average molecular weight is 199 g/mol. The molecule has 0 rings (SSSR count). The standard InChI is InChI=1S/3C2H6N.O.V/c3*1-3-2;;/h3*1-2H3;;/q3*-1;;. The molecule has 5 heteroatoms. The van der Waals surface area contributed by atoms with Crippen LogP contribution in [0.4, 0.5) is 0 Å². The van der Waals surface area contributed by atoms with E-state index < -0.39 is 0 Å². The fourth-order valence-corrected chi connectivity index (χ4v) is 0. The van der Waals surface area contributed by atoms with Crippen LogP contribution in [0.3, 0.4) is 0 Å². The van der Waals surface area contributed by atoms with Crippen molar-refractivity contribution in [1.29, 1.82) is 0 Å². The molecule has 0 unspecified atom stereocenters. The summed E-state index contributed by atoms with van der Waals surface area (Å²) in [4.78, 5) is 0. The monoisotopic (exact) mass is 199 g/mol. The summed E-state index contributed by atoms with van der Waals surface area (Å²) >= 11 is 1.06. The molecule has 0 aromatic rings. The Morgan fingerprint density at radius 3 is 0.636 bits per heavy atom. The molecule has 0 bridgehead atoms. The van der Waals surface area contributed by atoms with Crippen LogP contribution in [0.2, 0.25) is 0 Å². The van der Waals surface area contributed by atoms with E-state index in [1.807, 2.05) is 0 Å². The second-order valence-electron chi connectivity index (χ2n) is 1.34. The van der Waals surface area contributed by atoms with Crippen LogP contribution >= 0.6 is 0 Å². The Bertz CT molecular complexity index is 29.0. The molecule has 0 amide bonds. The van der Waals surface area contributed by atoms with Gasteiger partial charge in [0.1, 0.15) is 0 Å². The predicted octanol–water partition coefficient (Wildman–Crippen LogP) is 1.74. The molecule has 0 heterocycles. The number of nitrogens with zero attached hydrogens (tertiary/aromatic N) is 3. The molecule has 0 aliphatic carbocycles. The number of hydrogen-bond acceptors (Lipinski definition) is 1. The van der Waals surface area contributed by atoms with Gasteiger partial charge in [-0.2, -0.15) is 42.3 Å². The summed E-state index contributed by atoms with van der Waals surface area (Å²) in [5, 5.41) is 10.5. The molecule has 0 N–H and O–H groups in total. The van der Waals surface area contributed by atoms with E-state index >= 15 is 0 Å². The van der Waals surface area contributed by atoms with E-state index in [-0.39, 0.29) is 0 Å². The van der Waals surface area contributed by atoms with Crippen molar-refractivity contribution in [1.82, 2.24) is 0 Å². The minimum absolute atomic E-state index is 1.06. The molecule has 0 aromatic heterocycles. The average Bonchev–Trinajstić information content (AvgIpc) is 1.96. The van der Waals surface area contributed by atoms with Gasteiger partial charge in [-0.15, -0.1) is 0 Å². The van der Waals surface area contributed by atoms with Gasteiger partial charge in [0, 0.05) is 0 Å². The Balaban J connectivity index is -0.0000000301. The third-order valence-corrected chi connectivity index (χ3v) is 0. The minimum atomic E-state index is 1.06. The van der Waals surface area contributed by atoms with Gasteiger partial charge in [0.25, 0.3) is 0 Å². The van der Waals surface area contributed by atoms with Crippen LogP contribution in [0.5, 0.6) is 0 Å². The van der Waals surface area contributed by atoms with Gasteiger partial charge in [-0.1, -0.05) is 0 Å². The fraction of sp³-hybridized carbons (Fsp3) is 1.00. The predicted molar refractivity (Wildman–Crippen MR) is 46.3 cm³/mol. The summed E-state index contributed by atoms with van der Waals surface area (Å²) in [7, 11) is 10.5. The summed E-state index contributed by atoms with van der Waals surface area (Å²) in [6.45, 7) is 0. The normalized spacial score (nSPS) is 5.18. The van der Waals surface area contributed by atoms with Gasteiger partial charge in [-0.05, 0) is 0 Å². The Kier molecular flexibility index (Phi) is 169. The van der Waals surface area contributed by atoms with Gasteiger partial charge in [0.15, 0.2) is 0 Å². The molecule has 0 atom stereocenters. The third-order valence-electron chi connectivity index (χ3n) is 0. The van der Waals surface area contributed by atoms with Crippen LogP contribution in [0.1, 0.15) is 0 Å². The zero-order valence-corrected chi connectivity index (χ0v) is 9.59. The maximum atomic E-state index is 8.19. The van der Waals surface area contributed by atoms with Gasteiger partial charge < -0.3 is 16.0 Å². The topological polar surface area (TPSA) is 59.4 Å². The Morgan fingerprint density at radius 2 is 0.636 bits per heavy atom. The SMILES string of the molecule is C[N-]C.C[N-]C.C[N-]C.[O]=[V]. The summed E-state index contributed by atoms with van der Waals surface area (Å²) in [6.07, 6.45) is 0. The molecule has 0 saturated heterocycles. The van der Waals surface area contributed by atoms with Crippen molar-refractivity contribution in [2.45, 2.75) is 0 Å². The molecule has 0 saturated carbocycles. The van der Waals surface area contributed by atoms with E-state index in [4.69, 9.17) is 3.67 Å². The van der Waals surface area contributed by atoms with Crippen molar-refractivity contribution in [3.05, 3.63) is 16.0 Å². The van der Waals surface area contributed by atoms with Crippen molar-refractivity contribution in [3.8, 4) is 0 Å². The van der Waals surface area contributed by atoms with Crippen LogP contribution in [0, 0.1) is 0 Å². The summed E-state index contributed by atoms with van der Waals surface area (Å²) < 4.78 is 8.19. The van der Waals surface area contributed by atoms with E-state index in [1.165, 1.54) is 0 Å². The second-order valence-corrected chi connectivity index (χ2v) is 1.34. The van der Waals surface area contributed by atoms with E-state index in [0.717, 1.165) is 17.4 Å². The molecule has 0 radical (unpaired) electrons. The first-order chi connectivity index (χ1) is 5.24. The molecule has 0 aliphatic rings. The first-order valence-electron chi connectivity index (χ1n) is 2.87. The van der Waals surface area contributed by atoms with Crippen LogP contribution in [-0.4, -0.2) is 42.3 Å². The van der Waals surface area contributed by atoms with Crippen molar-refractivity contribution in [3.63, 3.8) is 0 Å². The van der Waals surface area contributed by atoms with Gasteiger partial charge in [0.05, 0.1) is 0 Å². The van der Waals surface area contributed by atoms with Gasteiger partial charge in [0.2, 0.25) is 0 Å². The van der Waals surface area contributed by atoms with Crippen LogP contribution < -0.4 is 0 Å². The molecule has 0 aromatic carbocycles. The summed E-state index contributed by atoms with van der Waals surface area (Å²) in [6, 6.07) is 0. The van der Waals surface area contributed by atoms with Crippen LogP contribution in [-0.2, 0) is 21.0 Å². The van der Waals surface area contributed by atoms with Crippen LogP contribution in [0.15, 0.2) is 0 Å². The van der Waals surface area contributed by atoms with Gasteiger partial charge in [-0.25, -0.2) is 0 Å². The molecular formula is C6H18N3OV-3. The van der Waals surface area contributed by atoms with Crippen molar-refractivity contribution in [2.75, 3.05) is 42.3 Å². The van der Waals surface area contributed by atoms with Crippen LogP contribution in [0.25, 0.3) is 16.0 Å². The molecular weight excluding hydrogens is 181 g/mol. The van der Waals surface area contributed by atoms with E-state index in [0.29, 0.717) is 0 Å². The molecule has 11 heavy (non-hydrogen) atoms. The first kappa shape index (κ1) is 22.5. The molecule has 4 nitrogen and oxygen atoms in total. The summed E-state index contributed by atoms with van der Waals surface area (Å²) in [5.41, 5.74) is 0. The van der Waals surface area contributed by atoms with Gasteiger partial charge >= 0.3 is 21.0 Å². The van der Waals surface area contributed by atoms with Crippen molar-refractivity contribution in [2.24, 2.45) is 0 Å². The quantitative estimate of drug-likeness (QED) is 0.586. The van der Waals surface area contributed by atoms with Crippen molar-refractivity contribution < 1.29 is 21.0 Å². The first-order valence-corrected chi connectivity index (χ1v) is 3.44. The molecule has 0 fully saturated rings. The van der Waals surface area contributed by atoms with E-state index in [2.05, 4.69) is 16.0 Å². The summed E-state index contributed by atoms with van der Waals surface area (Å²) in [5.74, 6) is 0. The zero-order chi connectivity index (χ0) is 10.1. The van der Waals surface area contributed by atoms with E-state index in [1.54, 1.807) is 42.3 Å². The molecule has 0 aliphatic heterocycles. The molecule has 0 spiro atoms. The number of hydrogen-bond donors (Lipinski definition) is 0. The fourth-order valence-electron chi connectivity index (χ4n) is 0. The second kappa shape index (κ2) is 82.7. The third kappa shape index (κ3) is 10000. The molecule has 71 valence electrons. The van der Waals surface area contributed by atoms with Gasteiger partial charge in [-0.3, -0.25) is 0 Å². The Hall–Kier alpha value is 0.264. The Morgan fingerprint density at radius 1 is 0.636 bits per heavy atom. The zero-order valence-electron chi connectivity index (χ0n) is 8.20.